The Kier molecular flexibility index (Phi) is 5.13. The van der Waals surface area contributed by atoms with Crippen LogP contribution >= 0.6 is 11.8 Å². The van der Waals surface area contributed by atoms with Crippen molar-refractivity contribution in [1.82, 2.24) is 19.2 Å². The molecular formula is C19H20N4O3S2. The Labute approximate surface area is 167 Å². The maximum atomic E-state index is 12.7. The van der Waals surface area contributed by atoms with Crippen molar-refractivity contribution in [3.8, 4) is 0 Å². The maximum Gasteiger partial charge on any atom is 0.244 e. The van der Waals surface area contributed by atoms with Crippen LogP contribution in [0.25, 0.3) is 11.0 Å². The molecule has 9 heteroatoms. The van der Waals surface area contributed by atoms with Crippen LogP contribution in [-0.2, 0) is 14.8 Å². The minimum absolute atomic E-state index is 0.0793. The van der Waals surface area contributed by atoms with E-state index in [9.17, 15) is 13.2 Å². The average Bonchev–Trinajstić information content (AvgIpc) is 3.34. The van der Waals surface area contributed by atoms with Crippen LogP contribution in [0.4, 0.5) is 0 Å². The fraction of sp³-hybridized carbons (Fsp3) is 0.263. The summed E-state index contributed by atoms with van der Waals surface area (Å²) < 4.78 is 26.7. The van der Waals surface area contributed by atoms with Crippen LogP contribution < -0.4 is 0 Å². The molecule has 0 radical (unpaired) electrons. The van der Waals surface area contributed by atoms with Crippen molar-refractivity contribution in [3.63, 3.8) is 0 Å². The molecule has 2 aromatic carbocycles. The lowest BCUT2D eigenvalue weighted by atomic mass is 10.2. The van der Waals surface area contributed by atoms with Gasteiger partial charge in [-0.05, 0) is 36.8 Å². The van der Waals surface area contributed by atoms with Gasteiger partial charge in [0.05, 0.1) is 28.4 Å². The molecule has 1 saturated heterocycles. The van der Waals surface area contributed by atoms with Crippen molar-refractivity contribution in [2.45, 2.75) is 17.0 Å². The number of carbonyl (C=O) groups excluding carboxylic acids is 1. The number of benzene rings is 2. The first-order valence-corrected chi connectivity index (χ1v) is 11.3. The molecule has 0 aliphatic carbocycles. The Hall–Kier alpha value is -2.36. The number of imidazole rings is 1. The third-order valence-corrected chi connectivity index (χ3v) is 7.33. The maximum absolute atomic E-state index is 12.7. The number of hydrogen-bond acceptors (Lipinski definition) is 5. The van der Waals surface area contributed by atoms with Crippen molar-refractivity contribution in [1.29, 1.82) is 0 Å². The number of fused-ring (bicyclic) bond motifs is 1. The van der Waals surface area contributed by atoms with Gasteiger partial charge in [0.15, 0.2) is 5.16 Å². The second-order valence-electron chi connectivity index (χ2n) is 6.64. The van der Waals surface area contributed by atoms with E-state index < -0.39 is 10.0 Å². The van der Waals surface area contributed by atoms with E-state index in [0.717, 1.165) is 16.6 Å². The molecule has 0 atom stereocenters. The second-order valence-corrected chi connectivity index (χ2v) is 9.55. The number of aromatic amines is 1. The Bertz CT molecular complexity index is 1110. The molecule has 0 unspecified atom stereocenters. The Morgan fingerprint density at radius 3 is 2.75 bits per heavy atom. The van der Waals surface area contributed by atoms with Crippen molar-refractivity contribution < 1.29 is 13.2 Å². The molecule has 2 heterocycles. The van der Waals surface area contributed by atoms with E-state index in [1.54, 1.807) is 35.2 Å². The van der Waals surface area contributed by atoms with E-state index in [1.807, 2.05) is 25.1 Å². The first kappa shape index (κ1) is 19.0. The van der Waals surface area contributed by atoms with Crippen molar-refractivity contribution in [3.05, 3.63) is 54.1 Å². The monoisotopic (exact) mass is 416 g/mol. The normalized spacial score (nSPS) is 15.4. The smallest absolute Gasteiger partial charge is 0.244 e. The summed E-state index contributed by atoms with van der Waals surface area (Å²) in [5.41, 5.74) is 2.94. The van der Waals surface area contributed by atoms with Gasteiger partial charge < -0.3 is 9.88 Å². The summed E-state index contributed by atoms with van der Waals surface area (Å²) in [4.78, 5) is 22.0. The quantitative estimate of drug-likeness (QED) is 0.646. The number of H-pyrrole nitrogens is 1. The summed E-state index contributed by atoms with van der Waals surface area (Å²) >= 11 is 1.33. The molecule has 0 spiro atoms. The largest absolute Gasteiger partial charge is 0.333 e. The van der Waals surface area contributed by atoms with E-state index >= 15 is 0 Å². The fourth-order valence-corrected chi connectivity index (χ4v) is 5.30. The van der Waals surface area contributed by atoms with E-state index in [2.05, 4.69) is 9.97 Å². The molecule has 146 valence electrons. The number of amides is 1. The molecule has 3 aromatic rings. The van der Waals surface area contributed by atoms with Gasteiger partial charge in [-0.3, -0.25) is 4.79 Å². The third kappa shape index (κ3) is 3.78. The minimum Gasteiger partial charge on any atom is -0.333 e. The summed E-state index contributed by atoms with van der Waals surface area (Å²) in [6.45, 7) is 2.79. The van der Waals surface area contributed by atoms with Gasteiger partial charge in [-0.25, -0.2) is 13.4 Å². The van der Waals surface area contributed by atoms with Crippen LogP contribution in [-0.4, -0.2) is 59.0 Å². The zero-order valence-electron chi connectivity index (χ0n) is 15.3. The molecule has 1 N–H and O–H groups in total. The highest BCUT2D eigenvalue weighted by atomic mass is 32.2. The van der Waals surface area contributed by atoms with Crippen LogP contribution in [0.2, 0.25) is 0 Å². The van der Waals surface area contributed by atoms with Gasteiger partial charge in [0.25, 0.3) is 0 Å². The number of hydrogen-bond donors (Lipinski definition) is 1. The molecule has 0 saturated carbocycles. The standard InChI is InChI=1S/C19H20N4O3S2/c1-14-7-8-16-17(11-14)21-19(20-16)27-12-18(24)22-9-10-23(13-22)28(25,26)15-5-3-2-4-6-15/h2-8,11H,9-10,12-13H2,1H3,(H,20,21). The number of nitrogens with zero attached hydrogens (tertiary/aromatic N) is 3. The number of nitrogens with one attached hydrogen (secondary N) is 1. The van der Waals surface area contributed by atoms with Crippen molar-refractivity contribution in [2.24, 2.45) is 0 Å². The summed E-state index contributed by atoms with van der Waals surface area (Å²) in [5.74, 6) is 0.102. The van der Waals surface area contributed by atoms with E-state index in [-0.39, 0.29) is 23.2 Å². The molecular weight excluding hydrogens is 396 g/mol. The van der Waals surface area contributed by atoms with Gasteiger partial charge in [0, 0.05) is 13.1 Å². The molecule has 1 fully saturated rings. The Morgan fingerprint density at radius 2 is 1.96 bits per heavy atom. The van der Waals surface area contributed by atoms with Gasteiger partial charge in [-0.15, -0.1) is 0 Å². The number of thioether (sulfide) groups is 1. The molecule has 4 rings (SSSR count). The third-order valence-electron chi connectivity index (χ3n) is 4.63. The molecule has 1 aliphatic rings. The number of aryl methyl sites for hydroxylation is 1. The number of carbonyl (C=O) groups is 1. The molecule has 1 aromatic heterocycles. The first-order chi connectivity index (χ1) is 13.4. The summed E-state index contributed by atoms with van der Waals surface area (Å²) in [5, 5.41) is 0.682. The van der Waals surface area contributed by atoms with E-state index in [0.29, 0.717) is 18.2 Å². The predicted octanol–water partition coefficient (Wildman–Crippen LogP) is 2.45. The SMILES string of the molecule is Cc1ccc2nc(SCC(=O)N3CCN(S(=O)(=O)c4ccccc4)C3)[nH]c2c1. The Morgan fingerprint density at radius 1 is 1.18 bits per heavy atom. The minimum atomic E-state index is -3.58. The van der Waals surface area contributed by atoms with Gasteiger partial charge in [0.2, 0.25) is 15.9 Å². The first-order valence-electron chi connectivity index (χ1n) is 8.85. The van der Waals surface area contributed by atoms with Crippen LogP contribution in [0.3, 0.4) is 0 Å². The number of rotatable bonds is 5. The van der Waals surface area contributed by atoms with Crippen LogP contribution in [0.5, 0.6) is 0 Å². The predicted molar refractivity (Wildman–Crippen MR) is 108 cm³/mol. The summed E-state index contributed by atoms with van der Waals surface area (Å²) in [6.07, 6.45) is 0. The number of aromatic nitrogens is 2. The summed E-state index contributed by atoms with van der Waals surface area (Å²) in [7, 11) is -3.58. The topological polar surface area (TPSA) is 86.4 Å². The fourth-order valence-electron chi connectivity index (χ4n) is 3.10. The van der Waals surface area contributed by atoms with Crippen LogP contribution in [0.1, 0.15) is 5.56 Å². The zero-order valence-corrected chi connectivity index (χ0v) is 17.0. The second kappa shape index (κ2) is 7.57. The molecule has 0 bridgehead atoms. The molecule has 1 amide bonds. The molecule has 1 aliphatic heterocycles. The lowest BCUT2D eigenvalue weighted by Crippen LogP contribution is -2.34. The molecule has 28 heavy (non-hydrogen) atoms. The lowest BCUT2D eigenvalue weighted by molar-refractivity contribution is -0.127. The van der Waals surface area contributed by atoms with Crippen molar-refractivity contribution in [2.75, 3.05) is 25.5 Å². The highest BCUT2D eigenvalue weighted by Gasteiger charge is 2.33. The highest BCUT2D eigenvalue weighted by molar-refractivity contribution is 7.99. The zero-order chi connectivity index (χ0) is 19.7. The highest BCUT2D eigenvalue weighted by Crippen LogP contribution is 2.23. The van der Waals surface area contributed by atoms with E-state index in [4.69, 9.17) is 0 Å². The summed E-state index contributed by atoms with van der Waals surface area (Å²) in [6, 6.07) is 14.2. The lowest BCUT2D eigenvalue weighted by Gasteiger charge is -2.18. The van der Waals surface area contributed by atoms with Crippen LogP contribution in [0, 0.1) is 6.92 Å². The van der Waals surface area contributed by atoms with Crippen molar-refractivity contribution >= 4 is 38.7 Å². The van der Waals surface area contributed by atoms with Gasteiger partial charge in [0.1, 0.15) is 0 Å². The average molecular weight is 417 g/mol. The van der Waals surface area contributed by atoms with E-state index in [1.165, 1.54) is 16.1 Å². The van der Waals surface area contributed by atoms with Gasteiger partial charge in [-0.1, -0.05) is 36.0 Å². The van der Waals surface area contributed by atoms with Gasteiger partial charge >= 0.3 is 0 Å². The van der Waals surface area contributed by atoms with Crippen LogP contribution in [0.15, 0.2) is 58.6 Å². The van der Waals surface area contributed by atoms with Gasteiger partial charge in [-0.2, -0.15) is 4.31 Å². The Balaban J connectivity index is 1.38. The molecule has 7 nitrogen and oxygen atoms in total. The number of sulfonamides is 1.